The van der Waals surface area contributed by atoms with E-state index in [1.54, 1.807) is 0 Å². The lowest BCUT2D eigenvalue weighted by molar-refractivity contribution is 0.518. The highest BCUT2D eigenvalue weighted by Gasteiger charge is 2.32. The van der Waals surface area contributed by atoms with Gasteiger partial charge in [0, 0.05) is 12.1 Å². The summed E-state index contributed by atoms with van der Waals surface area (Å²) in [5.74, 6) is 0. The van der Waals surface area contributed by atoms with Crippen molar-refractivity contribution in [1.82, 2.24) is 0 Å². The molecule has 1 aliphatic rings. The third kappa shape index (κ3) is 2.47. The van der Waals surface area contributed by atoms with Crippen LogP contribution in [0.25, 0.3) is 0 Å². The number of benzene rings is 1. The van der Waals surface area contributed by atoms with Crippen LogP contribution in [-0.2, 0) is 11.8 Å². The Balaban J connectivity index is 2.60. The maximum Gasteiger partial charge on any atom is 0.101 e. The van der Waals surface area contributed by atoms with Gasteiger partial charge in [-0.3, -0.25) is 0 Å². The van der Waals surface area contributed by atoms with Crippen LogP contribution in [0.4, 0.5) is 5.69 Å². The van der Waals surface area contributed by atoms with Crippen LogP contribution in [0.2, 0.25) is 0 Å². The number of nitrogens with zero attached hydrogens (tertiary/aromatic N) is 2. The van der Waals surface area contributed by atoms with Gasteiger partial charge in [-0.25, -0.2) is 0 Å². The molecule has 1 heterocycles. The van der Waals surface area contributed by atoms with Gasteiger partial charge in [-0.15, -0.1) is 0 Å². The normalized spacial score (nSPS) is 15.3. The van der Waals surface area contributed by atoms with Crippen LogP contribution in [0.5, 0.6) is 0 Å². The second-order valence-electron chi connectivity index (χ2n) is 7.47. The Morgan fingerprint density at radius 1 is 1.11 bits per heavy atom. The average molecular weight is 256 g/mol. The molecule has 0 fully saturated rings. The van der Waals surface area contributed by atoms with E-state index in [9.17, 15) is 5.26 Å². The molecule has 0 atom stereocenters. The number of nitriles is 1. The molecule has 0 spiro atoms. The Bertz CT molecular complexity index is 536. The van der Waals surface area contributed by atoms with Crippen LogP contribution >= 0.6 is 0 Å². The predicted molar refractivity (Wildman–Crippen MR) is 80.7 cm³/mol. The monoisotopic (exact) mass is 256 g/mol. The van der Waals surface area contributed by atoms with E-state index in [0.29, 0.717) is 0 Å². The molecule has 0 N–H and O–H groups in total. The van der Waals surface area contributed by atoms with E-state index in [1.807, 2.05) is 0 Å². The number of rotatable bonds is 0. The third-order valence-electron chi connectivity index (χ3n) is 3.86. The van der Waals surface area contributed by atoms with Gasteiger partial charge in [0.1, 0.15) is 6.07 Å². The summed E-state index contributed by atoms with van der Waals surface area (Å²) < 4.78 is 0. The minimum absolute atomic E-state index is 0.0695. The molecule has 2 nitrogen and oxygen atoms in total. The molecule has 0 unspecified atom stereocenters. The second kappa shape index (κ2) is 4.27. The maximum atomic E-state index is 9.50. The van der Waals surface area contributed by atoms with Crippen molar-refractivity contribution in [3.8, 4) is 6.07 Å². The van der Waals surface area contributed by atoms with Gasteiger partial charge in [0.05, 0.1) is 11.3 Å². The summed E-state index contributed by atoms with van der Waals surface area (Å²) in [7, 11) is 0. The molecule has 1 aromatic carbocycles. The average Bonchev–Trinajstić information content (AvgIpc) is 2.69. The molecule has 102 valence electrons. The largest absolute Gasteiger partial charge is 0.365 e. The lowest BCUT2D eigenvalue weighted by Gasteiger charge is -2.35. The fourth-order valence-corrected chi connectivity index (χ4v) is 2.74. The highest BCUT2D eigenvalue weighted by atomic mass is 15.2. The molecule has 2 heteroatoms. The molecule has 0 radical (unpaired) electrons. The minimum Gasteiger partial charge on any atom is -0.365 e. The summed E-state index contributed by atoms with van der Waals surface area (Å²) >= 11 is 0. The lowest BCUT2D eigenvalue weighted by Crippen LogP contribution is -2.40. The molecule has 0 bridgehead atoms. The molecular formula is C17H24N2. The van der Waals surface area contributed by atoms with Gasteiger partial charge in [-0.2, -0.15) is 5.26 Å². The molecular weight excluding hydrogens is 232 g/mol. The molecule has 0 aromatic heterocycles. The first-order valence-corrected chi connectivity index (χ1v) is 7.00. The van der Waals surface area contributed by atoms with Crippen molar-refractivity contribution in [2.45, 2.75) is 58.9 Å². The Labute approximate surface area is 117 Å². The molecule has 0 saturated carbocycles. The van der Waals surface area contributed by atoms with Crippen molar-refractivity contribution in [3.05, 3.63) is 28.8 Å². The fraction of sp³-hybridized carbons (Fsp3) is 0.588. The first-order chi connectivity index (χ1) is 8.64. The van der Waals surface area contributed by atoms with Gasteiger partial charge in [0.25, 0.3) is 0 Å². The zero-order valence-corrected chi connectivity index (χ0v) is 13.0. The van der Waals surface area contributed by atoms with Crippen molar-refractivity contribution >= 4 is 5.69 Å². The van der Waals surface area contributed by atoms with Gasteiger partial charge in [0.15, 0.2) is 0 Å². The Hall–Kier alpha value is -1.49. The lowest BCUT2D eigenvalue weighted by atomic mass is 9.84. The molecule has 0 aliphatic carbocycles. The maximum absolute atomic E-state index is 9.50. The smallest absolute Gasteiger partial charge is 0.101 e. The van der Waals surface area contributed by atoms with E-state index in [-0.39, 0.29) is 11.0 Å². The summed E-state index contributed by atoms with van der Waals surface area (Å²) in [6.07, 6.45) is 1.05. The van der Waals surface area contributed by atoms with Gasteiger partial charge >= 0.3 is 0 Å². The summed E-state index contributed by atoms with van der Waals surface area (Å²) in [6, 6.07) is 6.77. The summed E-state index contributed by atoms with van der Waals surface area (Å²) in [5, 5.41) is 9.50. The van der Waals surface area contributed by atoms with Crippen LogP contribution in [0, 0.1) is 11.3 Å². The fourth-order valence-electron chi connectivity index (χ4n) is 2.74. The van der Waals surface area contributed by atoms with Gasteiger partial charge in [0.2, 0.25) is 0 Å². The van der Waals surface area contributed by atoms with Crippen LogP contribution in [0.3, 0.4) is 0 Å². The first kappa shape index (κ1) is 13.9. The Kier molecular flexibility index (Phi) is 3.13. The van der Waals surface area contributed by atoms with Crippen LogP contribution in [-0.4, -0.2) is 12.1 Å². The van der Waals surface area contributed by atoms with Gasteiger partial charge in [-0.05, 0) is 49.8 Å². The van der Waals surface area contributed by atoms with E-state index < -0.39 is 0 Å². The summed E-state index contributed by atoms with van der Waals surface area (Å²) in [5.41, 5.74) is 4.74. The molecule has 19 heavy (non-hydrogen) atoms. The Morgan fingerprint density at radius 2 is 1.74 bits per heavy atom. The highest BCUT2D eigenvalue weighted by molar-refractivity contribution is 5.70. The van der Waals surface area contributed by atoms with Crippen molar-refractivity contribution in [1.29, 1.82) is 5.26 Å². The van der Waals surface area contributed by atoms with Crippen molar-refractivity contribution in [2.24, 2.45) is 0 Å². The van der Waals surface area contributed by atoms with Crippen LogP contribution in [0.1, 0.15) is 58.2 Å². The van der Waals surface area contributed by atoms with E-state index in [1.165, 1.54) is 11.1 Å². The molecule has 0 saturated heterocycles. The number of fused-ring (bicyclic) bond motifs is 1. The minimum atomic E-state index is 0.0695. The standard InChI is InChI=1S/C17H24N2/c1-16(2,3)14-9-12-7-8-19(17(4,5)6)15(12)13(10-14)11-18/h9-10H,7-8H2,1-6H3. The number of hydrogen-bond donors (Lipinski definition) is 0. The van der Waals surface area contributed by atoms with Crippen molar-refractivity contribution < 1.29 is 0 Å². The van der Waals surface area contributed by atoms with E-state index in [4.69, 9.17) is 0 Å². The molecule has 2 rings (SSSR count). The first-order valence-electron chi connectivity index (χ1n) is 7.00. The topological polar surface area (TPSA) is 27.0 Å². The van der Waals surface area contributed by atoms with Gasteiger partial charge in [-0.1, -0.05) is 26.8 Å². The van der Waals surface area contributed by atoms with Crippen molar-refractivity contribution in [3.63, 3.8) is 0 Å². The zero-order valence-electron chi connectivity index (χ0n) is 13.0. The molecule has 1 aromatic rings. The number of anilines is 1. The highest BCUT2D eigenvalue weighted by Crippen LogP contribution is 2.39. The van der Waals surface area contributed by atoms with E-state index >= 15 is 0 Å². The zero-order chi connectivity index (χ0) is 14.4. The molecule has 0 amide bonds. The van der Waals surface area contributed by atoms with Gasteiger partial charge < -0.3 is 4.90 Å². The number of hydrogen-bond acceptors (Lipinski definition) is 2. The Morgan fingerprint density at radius 3 is 2.21 bits per heavy atom. The van der Waals surface area contributed by atoms with E-state index in [2.05, 4.69) is 64.6 Å². The van der Waals surface area contributed by atoms with Crippen LogP contribution < -0.4 is 4.90 Å². The summed E-state index contributed by atoms with van der Waals surface area (Å²) in [4.78, 5) is 2.37. The quantitative estimate of drug-likeness (QED) is 0.701. The summed E-state index contributed by atoms with van der Waals surface area (Å²) in [6.45, 7) is 14.2. The second-order valence-corrected chi connectivity index (χ2v) is 7.47. The predicted octanol–water partition coefficient (Wildman–Crippen LogP) is 4.02. The third-order valence-corrected chi connectivity index (χ3v) is 3.86. The van der Waals surface area contributed by atoms with Crippen molar-refractivity contribution in [2.75, 3.05) is 11.4 Å². The SMILES string of the molecule is CC(C)(C)c1cc(C#N)c2c(c1)CCN2C(C)(C)C. The van der Waals surface area contributed by atoms with Crippen LogP contribution in [0.15, 0.2) is 12.1 Å². The molecule has 1 aliphatic heterocycles. The van der Waals surface area contributed by atoms with E-state index in [0.717, 1.165) is 24.2 Å².